The van der Waals surface area contributed by atoms with E-state index in [0.29, 0.717) is 10.5 Å². The number of carbonyl (C=O) groups is 1. The molecule has 1 N–H and O–H groups in total. The number of thiophene rings is 1. The Morgan fingerprint density at radius 2 is 1.91 bits per heavy atom. The van der Waals surface area contributed by atoms with Gasteiger partial charge in [-0.2, -0.15) is 0 Å². The van der Waals surface area contributed by atoms with E-state index in [0.717, 1.165) is 40.2 Å². The summed E-state index contributed by atoms with van der Waals surface area (Å²) in [6.07, 6.45) is 1.94. The van der Waals surface area contributed by atoms with E-state index in [1.807, 2.05) is 68.4 Å². The number of aromatic nitrogens is 2. The molecule has 0 spiro atoms. The maximum atomic E-state index is 13.6. The van der Waals surface area contributed by atoms with Gasteiger partial charge in [-0.1, -0.05) is 55.4 Å². The van der Waals surface area contributed by atoms with Gasteiger partial charge >= 0.3 is 0 Å². The van der Waals surface area contributed by atoms with Gasteiger partial charge in [0.25, 0.3) is 5.56 Å². The number of amides is 1. The molecule has 0 saturated heterocycles. The second kappa shape index (κ2) is 9.71. The second-order valence-corrected chi connectivity index (χ2v) is 9.68. The minimum absolute atomic E-state index is 0.0844. The topological polar surface area (TPSA) is 64.0 Å². The van der Waals surface area contributed by atoms with Crippen LogP contribution in [0.4, 0.5) is 5.69 Å². The van der Waals surface area contributed by atoms with Crippen molar-refractivity contribution in [3.63, 3.8) is 0 Å². The molecule has 0 atom stereocenters. The van der Waals surface area contributed by atoms with Gasteiger partial charge in [-0.3, -0.25) is 14.2 Å². The highest BCUT2D eigenvalue weighted by atomic mass is 32.2. The van der Waals surface area contributed by atoms with Gasteiger partial charge in [0.1, 0.15) is 4.83 Å². The maximum Gasteiger partial charge on any atom is 0.267 e. The van der Waals surface area contributed by atoms with Crippen LogP contribution in [0.3, 0.4) is 0 Å². The summed E-state index contributed by atoms with van der Waals surface area (Å²) in [6, 6.07) is 17.2. The van der Waals surface area contributed by atoms with Gasteiger partial charge < -0.3 is 5.32 Å². The number of nitrogens with one attached hydrogen (secondary N) is 1. The lowest BCUT2D eigenvalue weighted by molar-refractivity contribution is -0.113. The summed E-state index contributed by atoms with van der Waals surface area (Å²) in [5, 5.41) is 4.12. The highest BCUT2D eigenvalue weighted by Crippen LogP contribution is 2.31. The Morgan fingerprint density at radius 1 is 1.12 bits per heavy atom. The van der Waals surface area contributed by atoms with Gasteiger partial charge in [-0.25, -0.2) is 4.98 Å². The first kappa shape index (κ1) is 22.3. The molecular weight excluding hydrogens is 438 g/mol. The van der Waals surface area contributed by atoms with Crippen molar-refractivity contribution in [2.75, 3.05) is 11.1 Å². The van der Waals surface area contributed by atoms with Crippen molar-refractivity contribution in [2.45, 2.75) is 38.8 Å². The monoisotopic (exact) mass is 463 g/mol. The molecule has 0 radical (unpaired) electrons. The summed E-state index contributed by atoms with van der Waals surface area (Å²) in [5.41, 5.74) is 3.52. The Bertz CT molecular complexity index is 1330. The number of nitrogens with zero attached hydrogens (tertiary/aromatic N) is 2. The second-order valence-electron chi connectivity index (χ2n) is 7.66. The van der Waals surface area contributed by atoms with Crippen LogP contribution in [-0.4, -0.2) is 21.2 Å². The standard InChI is InChI=1S/C25H25N3O2S2/c1-4-9-20-17(3)22-23(32-20)27-25(28(24(22)30)19-12-6-5-7-13-19)31-15-21(29)26-18-11-8-10-16(2)14-18/h5-8,10-14H,4,9,15H2,1-3H3,(H,26,29). The van der Waals surface area contributed by atoms with Crippen LogP contribution < -0.4 is 10.9 Å². The molecule has 0 aliphatic heterocycles. The lowest BCUT2D eigenvalue weighted by Crippen LogP contribution is -2.22. The number of rotatable bonds is 7. The van der Waals surface area contributed by atoms with E-state index in [4.69, 9.17) is 4.98 Å². The molecule has 4 rings (SSSR count). The van der Waals surface area contributed by atoms with Crippen LogP contribution in [0.2, 0.25) is 0 Å². The summed E-state index contributed by atoms with van der Waals surface area (Å²) in [5.74, 6) is 0.0221. The first-order valence-corrected chi connectivity index (χ1v) is 12.4. The van der Waals surface area contributed by atoms with Crippen molar-refractivity contribution in [1.29, 1.82) is 0 Å². The number of anilines is 1. The molecule has 164 valence electrons. The van der Waals surface area contributed by atoms with Gasteiger partial charge in [-0.15, -0.1) is 11.3 Å². The van der Waals surface area contributed by atoms with Crippen molar-refractivity contribution in [1.82, 2.24) is 9.55 Å². The third kappa shape index (κ3) is 4.64. The van der Waals surface area contributed by atoms with Crippen molar-refractivity contribution in [3.05, 3.63) is 81.0 Å². The van der Waals surface area contributed by atoms with Crippen molar-refractivity contribution < 1.29 is 4.79 Å². The Kier molecular flexibility index (Phi) is 6.77. The van der Waals surface area contributed by atoms with Crippen LogP contribution in [0.15, 0.2) is 64.5 Å². The molecule has 0 aliphatic rings. The SMILES string of the molecule is CCCc1sc2nc(SCC(=O)Nc3cccc(C)c3)n(-c3ccccc3)c(=O)c2c1C. The molecule has 5 nitrogen and oxygen atoms in total. The zero-order valence-corrected chi connectivity index (χ0v) is 20.0. The zero-order chi connectivity index (χ0) is 22.7. The van der Waals surface area contributed by atoms with E-state index in [2.05, 4.69) is 12.2 Å². The van der Waals surface area contributed by atoms with Crippen LogP contribution in [0, 0.1) is 13.8 Å². The Balaban J connectivity index is 1.70. The largest absolute Gasteiger partial charge is 0.325 e. The quantitative estimate of drug-likeness (QED) is 0.280. The molecule has 2 heterocycles. The van der Waals surface area contributed by atoms with E-state index in [1.165, 1.54) is 16.6 Å². The average Bonchev–Trinajstić information content (AvgIpc) is 3.08. The highest BCUT2D eigenvalue weighted by molar-refractivity contribution is 7.99. The first-order chi connectivity index (χ1) is 15.5. The molecule has 0 fully saturated rings. The number of thioether (sulfide) groups is 1. The fraction of sp³-hybridized carbons (Fsp3) is 0.240. The molecule has 0 aliphatic carbocycles. The summed E-state index contributed by atoms with van der Waals surface area (Å²) < 4.78 is 1.63. The van der Waals surface area contributed by atoms with Crippen LogP contribution in [-0.2, 0) is 11.2 Å². The van der Waals surface area contributed by atoms with Gasteiger partial charge in [0, 0.05) is 10.6 Å². The van der Waals surface area contributed by atoms with E-state index in [9.17, 15) is 9.59 Å². The number of hydrogen-bond donors (Lipinski definition) is 1. The van der Waals surface area contributed by atoms with E-state index in [1.54, 1.807) is 15.9 Å². The Hall–Kier alpha value is -2.90. The zero-order valence-electron chi connectivity index (χ0n) is 18.3. The summed E-state index contributed by atoms with van der Waals surface area (Å²) in [4.78, 5) is 32.9. The molecule has 4 aromatic rings. The van der Waals surface area contributed by atoms with Gasteiger partial charge in [-0.05, 0) is 55.7 Å². The van der Waals surface area contributed by atoms with Crippen molar-refractivity contribution >= 4 is 44.9 Å². The minimum atomic E-state index is -0.136. The molecule has 1 amide bonds. The van der Waals surface area contributed by atoms with Crippen LogP contribution in [0.1, 0.15) is 29.3 Å². The van der Waals surface area contributed by atoms with Gasteiger partial charge in [0.2, 0.25) is 5.91 Å². The smallest absolute Gasteiger partial charge is 0.267 e. The number of carbonyl (C=O) groups excluding carboxylic acids is 1. The fourth-order valence-corrected chi connectivity index (χ4v) is 5.76. The predicted molar refractivity (Wildman–Crippen MR) is 134 cm³/mol. The fourth-order valence-electron chi connectivity index (χ4n) is 3.63. The lowest BCUT2D eigenvalue weighted by atomic mass is 10.1. The summed E-state index contributed by atoms with van der Waals surface area (Å²) in [6.45, 7) is 6.12. The average molecular weight is 464 g/mol. The Morgan fingerprint density at radius 3 is 2.62 bits per heavy atom. The lowest BCUT2D eigenvalue weighted by Gasteiger charge is -2.12. The molecule has 32 heavy (non-hydrogen) atoms. The summed E-state index contributed by atoms with van der Waals surface area (Å²) in [7, 11) is 0. The van der Waals surface area contributed by atoms with E-state index >= 15 is 0 Å². The van der Waals surface area contributed by atoms with Crippen molar-refractivity contribution in [2.24, 2.45) is 0 Å². The molecule has 2 aromatic carbocycles. The first-order valence-electron chi connectivity index (χ1n) is 10.6. The third-order valence-electron chi connectivity index (χ3n) is 5.16. The van der Waals surface area contributed by atoms with Crippen LogP contribution in [0.25, 0.3) is 15.9 Å². The normalized spacial score (nSPS) is 11.1. The van der Waals surface area contributed by atoms with Crippen molar-refractivity contribution in [3.8, 4) is 5.69 Å². The maximum absolute atomic E-state index is 13.6. The third-order valence-corrected chi connectivity index (χ3v) is 7.34. The van der Waals surface area contributed by atoms with E-state index < -0.39 is 0 Å². The van der Waals surface area contributed by atoms with Crippen LogP contribution in [0.5, 0.6) is 0 Å². The molecular formula is C25H25N3O2S2. The molecule has 7 heteroatoms. The molecule has 0 unspecified atom stereocenters. The summed E-state index contributed by atoms with van der Waals surface area (Å²) >= 11 is 2.86. The van der Waals surface area contributed by atoms with Gasteiger partial charge in [0.05, 0.1) is 16.8 Å². The minimum Gasteiger partial charge on any atom is -0.325 e. The molecule has 0 saturated carbocycles. The Labute approximate surface area is 195 Å². The van der Waals surface area contributed by atoms with Gasteiger partial charge in [0.15, 0.2) is 5.16 Å². The van der Waals surface area contributed by atoms with Crippen LogP contribution >= 0.6 is 23.1 Å². The molecule has 2 aromatic heterocycles. The number of benzene rings is 2. The number of hydrogen-bond acceptors (Lipinski definition) is 5. The highest BCUT2D eigenvalue weighted by Gasteiger charge is 2.19. The number of aryl methyl sites for hydroxylation is 3. The number of para-hydroxylation sites is 1. The van der Waals surface area contributed by atoms with E-state index in [-0.39, 0.29) is 17.2 Å². The number of fused-ring (bicyclic) bond motifs is 1. The molecule has 0 bridgehead atoms. The predicted octanol–water partition coefficient (Wildman–Crippen LogP) is 5.75.